The quantitative estimate of drug-likeness (QED) is 0.130. The first-order valence-corrected chi connectivity index (χ1v) is 21.4. The van der Waals surface area contributed by atoms with Crippen molar-refractivity contribution in [1.82, 2.24) is 0 Å². The third-order valence-corrected chi connectivity index (χ3v) is 12.9. The van der Waals surface area contributed by atoms with Gasteiger partial charge in [-0.3, -0.25) is 0 Å². The minimum Gasteiger partial charge on any atom is -0.0656 e. The summed E-state index contributed by atoms with van der Waals surface area (Å²) in [6, 6.07) is 55.4. The Balaban J connectivity index is 1.42. The van der Waals surface area contributed by atoms with Crippen molar-refractivity contribution in [3.05, 3.63) is 151 Å². The van der Waals surface area contributed by atoms with Crippen molar-refractivity contribution in [3.63, 3.8) is 0 Å². The molecule has 0 fully saturated rings. The first-order chi connectivity index (χ1) is 24.0. The summed E-state index contributed by atoms with van der Waals surface area (Å²) in [5, 5.41) is 14.8. The van der Waals surface area contributed by atoms with Crippen LogP contribution in [0.4, 0.5) is 0 Å². The second-order valence-electron chi connectivity index (χ2n) is 16.2. The molecule has 9 aromatic carbocycles. The molecule has 0 nitrogen and oxygen atoms in total. The molecule has 0 unspecified atom stereocenters. The van der Waals surface area contributed by atoms with Crippen LogP contribution in [0, 0.1) is 0 Å². The summed E-state index contributed by atoms with van der Waals surface area (Å²) in [6.07, 6.45) is 0. The van der Waals surface area contributed by atoms with Gasteiger partial charge in [-0.05, 0) is 116 Å². The molecule has 0 spiro atoms. The Morgan fingerprint density at radius 1 is 0.380 bits per heavy atom. The van der Waals surface area contributed by atoms with Crippen molar-refractivity contribution in [2.24, 2.45) is 0 Å². The number of rotatable bonds is 4. The van der Waals surface area contributed by atoms with Gasteiger partial charge in [0.2, 0.25) is 0 Å². The third-order valence-electron chi connectivity index (χ3n) is 10.9. The molecular weight excluding hydrogens is 617 g/mol. The van der Waals surface area contributed by atoms with Gasteiger partial charge in [0.25, 0.3) is 0 Å². The van der Waals surface area contributed by atoms with Gasteiger partial charge in [-0.25, -0.2) is 0 Å². The van der Waals surface area contributed by atoms with Gasteiger partial charge in [0.15, 0.2) is 0 Å². The number of hydrogen-bond acceptors (Lipinski definition) is 0. The molecule has 242 valence electrons. The molecule has 0 saturated carbocycles. The molecule has 0 aliphatic rings. The zero-order valence-corrected chi connectivity index (χ0v) is 30.9. The minimum absolute atomic E-state index is 0.101. The van der Waals surface area contributed by atoms with Crippen LogP contribution in [-0.4, -0.2) is 8.07 Å². The molecule has 0 N–H and O–H groups in total. The van der Waals surface area contributed by atoms with E-state index in [1.165, 1.54) is 98.0 Å². The van der Waals surface area contributed by atoms with E-state index in [4.69, 9.17) is 0 Å². The van der Waals surface area contributed by atoms with E-state index in [2.05, 4.69) is 186 Å². The van der Waals surface area contributed by atoms with E-state index in [1.54, 1.807) is 0 Å². The third kappa shape index (κ3) is 4.95. The Bertz CT molecular complexity index is 2750. The van der Waals surface area contributed by atoms with Crippen LogP contribution < -0.4 is 5.19 Å². The highest BCUT2D eigenvalue weighted by molar-refractivity contribution is 6.90. The van der Waals surface area contributed by atoms with Crippen LogP contribution >= 0.6 is 0 Å². The summed E-state index contributed by atoms with van der Waals surface area (Å²) in [7, 11) is -1.75. The Kier molecular flexibility index (Phi) is 6.86. The van der Waals surface area contributed by atoms with Gasteiger partial charge in [0.05, 0.1) is 8.07 Å². The van der Waals surface area contributed by atoms with E-state index in [9.17, 15) is 0 Å². The van der Waals surface area contributed by atoms with Gasteiger partial charge < -0.3 is 0 Å². The fourth-order valence-electron chi connectivity index (χ4n) is 8.19. The largest absolute Gasteiger partial charge is 0.0784 e. The molecule has 0 radical (unpaired) electrons. The van der Waals surface area contributed by atoms with Crippen molar-refractivity contribution < 1.29 is 0 Å². The molecule has 0 aromatic heterocycles. The highest BCUT2D eigenvalue weighted by Gasteiger charge is 2.26. The van der Waals surface area contributed by atoms with Crippen LogP contribution in [0.5, 0.6) is 0 Å². The summed E-state index contributed by atoms with van der Waals surface area (Å²) >= 11 is 0. The standard InChI is InChI=1S/C49H42Si/c1-49(2,3)38-21-19-33(20-22-38)43-29-44(36-17-15-31-11-7-9-13-34(31)27-36)40-23-24-41-45(37-18-16-32-12-8-10-14-35(32)28-37)30-46(50(4,5)6)42-26-25-39(43)47(40)48(41)42/h7-30H,1-6H3. The van der Waals surface area contributed by atoms with Crippen molar-refractivity contribution in [3.8, 4) is 33.4 Å². The Morgan fingerprint density at radius 3 is 1.30 bits per heavy atom. The van der Waals surface area contributed by atoms with Crippen molar-refractivity contribution in [2.75, 3.05) is 0 Å². The van der Waals surface area contributed by atoms with Crippen molar-refractivity contribution in [2.45, 2.75) is 45.8 Å². The maximum atomic E-state index is 2.54. The lowest BCUT2D eigenvalue weighted by molar-refractivity contribution is 0.590. The molecule has 9 aromatic rings. The zero-order valence-electron chi connectivity index (χ0n) is 29.9. The van der Waals surface area contributed by atoms with Gasteiger partial charge in [-0.1, -0.05) is 173 Å². The number of hydrogen-bond donors (Lipinski definition) is 0. The smallest absolute Gasteiger partial charge is 0.0656 e. The second-order valence-corrected chi connectivity index (χ2v) is 21.3. The first-order valence-electron chi connectivity index (χ1n) is 17.9. The lowest BCUT2D eigenvalue weighted by Crippen LogP contribution is -2.38. The van der Waals surface area contributed by atoms with Crippen LogP contribution in [0.2, 0.25) is 19.6 Å². The van der Waals surface area contributed by atoms with E-state index in [0.29, 0.717) is 0 Å². The highest BCUT2D eigenvalue weighted by Crippen LogP contribution is 2.46. The molecule has 0 saturated heterocycles. The molecule has 0 aliphatic heterocycles. The maximum absolute atomic E-state index is 2.54. The molecule has 1 heteroatoms. The Hall–Kier alpha value is -5.24. The molecule has 0 amide bonds. The predicted molar refractivity (Wildman–Crippen MR) is 223 cm³/mol. The molecule has 0 atom stereocenters. The summed E-state index contributed by atoms with van der Waals surface area (Å²) < 4.78 is 0. The SMILES string of the molecule is CC(C)(C)c1ccc(-c2cc(-c3ccc4ccccc4c3)c3ccc4c(-c5ccc6ccccc6c5)cc([Si](C)(C)C)c5ccc2c3c45)cc1. The molecule has 0 bridgehead atoms. The lowest BCUT2D eigenvalue weighted by atomic mass is 9.82. The Labute approximate surface area is 296 Å². The second kappa shape index (κ2) is 11.1. The lowest BCUT2D eigenvalue weighted by Gasteiger charge is -2.25. The monoisotopic (exact) mass is 658 g/mol. The average molecular weight is 659 g/mol. The summed E-state index contributed by atoms with van der Waals surface area (Å²) in [5.41, 5.74) is 9.18. The van der Waals surface area contributed by atoms with Gasteiger partial charge in [-0.2, -0.15) is 0 Å². The fraction of sp³-hybridized carbons (Fsp3) is 0.143. The summed E-state index contributed by atoms with van der Waals surface area (Å²) in [5.74, 6) is 0. The summed E-state index contributed by atoms with van der Waals surface area (Å²) in [4.78, 5) is 0. The van der Waals surface area contributed by atoms with E-state index in [1.807, 2.05) is 0 Å². The fourth-order valence-corrected chi connectivity index (χ4v) is 9.79. The number of fused-ring (bicyclic) bond motifs is 2. The molecule has 50 heavy (non-hydrogen) atoms. The van der Waals surface area contributed by atoms with E-state index >= 15 is 0 Å². The number of benzene rings is 9. The molecular formula is C49H42Si. The van der Waals surface area contributed by atoms with Crippen LogP contribution in [0.1, 0.15) is 26.3 Å². The summed E-state index contributed by atoms with van der Waals surface area (Å²) in [6.45, 7) is 14.3. The van der Waals surface area contributed by atoms with E-state index < -0.39 is 8.07 Å². The average Bonchev–Trinajstić information content (AvgIpc) is 3.12. The Morgan fingerprint density at radius 2 is 0.800 bits per heavy atom. The van der Waals surface area contributed by atoms with Crippen LogP contribution in [-0.2, 0) is 5.41 Å². The maximum Gasteiger partial charge on any atom is 0.0784 e. The van der Waals surface area contributed by atoms with Crippen molar-refractivity contribution in [1.29, 1.82) is 0 Å². The van der Waals surface area contributed by atoms with E-state index in [0.717, 1.165) is 0 Å². The van der Waals surface area contributed by atoms with E-state index in [-0.39, 0.29) is 5.41 Å². The van der Waals surface area contributed by atoms with Crippen LogP contribution in [0.3, 0.4) is 0 Å². The zero-order chi connectivity index (χ0) is 34.4. The van der Waals surface area contributed by atoms with Crippen molar-refractivity contribution >= 4 is 67.1 Å². The molecule has 9 rings (SSSR count). The normalized spacial score (nSPS) is 12.6. The van der Waals surface area contributed by atoms with Gasteiger partial charge in [-0.15, -0.1) is 0 Å². The first kappa shape index (κ1) is 30.8. The van der Waals surface area contributed by atoms with Crippen LogP contribution in [0.25, 0.3) is 87.2 Å². The highest BCUT2D eigenvalue weighted by atomic mass is 28.3. The topological polar surface area (TPSA) is 0 Å². The van der Waals surface area contributed by atoms with Gasteiger partial charge >= 0.3 is 0 Å². The predicted octanol–water partition coefficient (Wildman–Crippen LogP) is 13.7. The van der Waals surface area contributed by atoms with Gasteiger partial charge in [0.1, 0.15) is 0 Å². The minimum atomic E-state index is -1.75. The van der Waals surface area contributed by atoms with Crippen LogP contribution in [0.15, 0.2) is 146 Å². The molecule has 0 heterocycles. The van der Waals surface area contributed by atoms with Gasteiger partial charge in [0, 0.05) is 0 Å². The molecule has 0 aliphatic carbocycles.